The van der Waals surface area contributed by atoms with Gasteiger partial charge in [0.1, 0.15) is 0 Å². The molecule has 0 fully saturated rings. The second kappa shape index (κ2) is 4.87. The van der Waals surface area contributed by atoms with E-state index >= 15 is 0 Å². The second-order valence-corrected chi connectivity index (χ2v) is 2.98. The van der Waals surface area contributed by atoms with Crippen molar-refractivity contribution >= 4 is 0 Å². The van der Waals surface area contributed by atoms with Gasteiger partial charge in [0.15, 0.2) is 0 Å². The summed E-state index contributed by atoms with van der Waals surface area (Å²) in [6.45, 7) is 2.03. The van der Waals surface area contributed by atoms with Gasteiger partial charge >= 0.3 is 0 Å². The smallest absolute Gasteiger partial charge is 0.0790 e. The largest absolute Gasteiger partial charge is 0.388 e. The molecule has 0 aromatic rings. The van der Waals surface area contributed by atoms with E-state index in [1.165, 1.54) is 11.3 Å². The maximum absolute atomic E-state index is 5.22. The fourth-order valence-corrected chi connectivity index (χ4v) is 1.43. The first kappa shape index (κ1) is 10.1. The van der Waals surface area contributed by atoms with Crippen LogP contribution < -0.4 is 5.32 Å². The van der Waals surface area contributed by atoms with E-state index in [0.717, 1.165) is 6.42 Å². The first-order valence-electron chi connectivity index (χ1n) is 4.57. The number of likely N-dealkylation sites (N-methyl/N-ethyl adjacent to an activating group) is 1. The van der Waals surface area contributed by atoms with Gasteiger partial charge in [0.25, 0.3) is 0 Å². The normalized spacial score (nSPS) is 22.8. The van der Waals surface area contributed by atoms with Crippen LogP contribution in [-0.2, 0) is 4.74 Å². The average molecular weight is 179 g/mol. The van der Waals surface area contributed by atoms with Crippen molar-refractivity contribution in [3.8, 4) is 0 Å². The van der Waals surface area contributed by atoms with Crippen LogP contribution in [0.4, 0.5) is 0 Å². The molecule has 0 aliphatic heterocycles. The fourth-order valence-electron chi connectivity index (χ4n) is 1.43. The Hall–Kier alpha value is -1.02. The summed E-state index contributed by atoms with van der Waals surface area (Å²) in [4.78, 5) is 0. The zero-order valence-corrected chi connectivity index (χ0v) is 8.50. The maximum atomic E-state index is 5.22. The first-order valence-corrected chi connectivity index (χ1v) is 4.57. The number of ether oxygens (including phenoxy) is 1. The maximum Gasteiger partial charge on any atom is 0.0790 e. The molecule has 13 heavy (non-hydrogen) atoms. The summed E-state index contributed by atoms with van der Waals surface area (Å²) in [5, 5.41) is 3.16. The highest BCUT2D eigenvalue weighted by Crippen LogP contribution is 2.17. The lowest BCUT2D eigenvalue weighted by atomic mass is 10.0. The molecule has 1 aliphatic carbocycles. The minimum absolute atomic E-state index is 0.249. The van der Waals surface area contributed by atoms with Crippen molar-refractivity contribution in [2.24, 2.45) is 0 Å². The van der Waals surface area contributed by atoms with Gasteiger partial charge in [-0.05, 0) is 18.9 Å². The Kier molecular flexibility index (Phi) is 3.77. The fraction of sp³-hybridized carbons (Fsp3) is 0.455. The number of hydrogen-bond donors (Lipinski definition) is 1. The van der Waals surface area contributed by atoms with Gasteiger partial charge in [0.2, 0.25) is 0 Å². The lowest BCUT2D eigenvalue weighted by Crippen LogP contribution is -2.13. The van der Waals surface area contributed by atoms with Crippen molar-refractivity contribution in [3.05, 3.63) is 35.6 Å². The van der Waals surface area contributed by atoms with Gasteiger partial charge in [0.05, 0.1) is 6.10 Å². The highest BCUT2D eigenvalue weighted by atomic mass is 16.5. The van der Waals surface area contributed by atoms with E-state index in [-0.39, 0.29) is 6.10 Å². The molecule has 1 rings (SSSR count). The standard InChI is InChI=1S/C11H17NO/c1-4-11(12-2)9-5-7-10(13-3)8-6-9/h4-7,10,12H,8H2,1-3H3. The van der Waals surface area contributed by atoms with Gasteiger partial charge < -0.3 is 10.1 Å². The SMILES string of the molecule is CC=C(NC)C1=CCC(OC)C=C1. The summed E-state index contributed by atoms with van der Waals surface area (Å²) in [5.41, 5.74) is 2.42. The zero-order valence-electron chi connectivity index (χ0n) is 8.50. The van der Waals surface area contributed by atoms with Crippen molar-refractivity contribution < 1.29 is 4.74 Å². The molecule has 1 N–H and O–H groups in total. The Morgan fingerprint density at radius 3 is 2.85 bits per heavy atom. The van der Waals surface area contributed by atoms with Crippen molar-refractivity contribution in [2.75, 3.05) is 14.2 Å². The molecule has 0 spiro atoms. The predicted octanol–water partition coefficient (Wildman–Crippen LogP) is 2.01. The lowest BCUT2D eigenvalue weighted by molar-refractivity contribution is 0.142. The van der Waals surface area contributed by atoms with Crippen molar-refractivity contribution in [1.82, 2.24) is 5.32 Å². The van der Waals surface area contributed by atoms with Crippen LogP contribution in [-0.4, -0.2) is 20.3 Å². The monoisotopic (exact) mass is 179 g/mol. The summed E-state index contributed by atoms with van der Waals surface area (Å²) >= 11 is 0. The quantitative estimate of drug-likeness (QED) is 0.715. The third-order valence-corrected chi connectivity index (χ3v) is 2.23. The van der Waals surface area contributed by atoms with Gasteiger partial charge in [0, 0.05) is 19.9 Å². The number of allylic oxidation sites excluding steroid dienone is 2. The molecule has 1 aliphatic rings. The molecule has 1 unspecified atom stereocenters. The molecular weight excluding hydrogens is 162 g/mol. The average Bonchev–Trinajstić information content (AvgIpc) is 2.21. The molecule has 0 heterocycles. The van der Waals surface area contributed by atoms with Crippen LogP contribution in [0.1, 0.15) is 13.3 Å². The zero-order chi connectivity index (χ0) is 9.68. The molecule has 72 valence electrons. The van der Waals surface area contributed by atoms with E-state index in [1.807, 2.05) is 14.0 Å². The van der Waals surface area contributed by atoms with E-state index < -0.39 is 0 Å². The molecule has 0 radical (unpaired) electrons. The molecule has 2 nitrogen and oxygen atoms in total. The van der Waals surface area contributed by atoms with E-state index in [9.17, 15) is 0 Å². The Morgan fingerprint density at radius 1 is 1.69 bits per heavy atom. The molecule has 0 bridgehead atoms. The van der Waals surface area contributed by atoms with E-state index in [1.54, 1.807) is 7.11 Å². The van der Waals surface area contributed by atoms with Gasteiger partial charge in [-0.3, -0.25) is 0 Å². The topological polar surface area (TPSA) is 21.3 Å². The van der Waals surface area contributed by atoms with Crippen LogP contribution in [0.3, 0.4) is 0 Å². The first-order chi connectivity index (χ1) is 6.31. The van der Waals surface area contributed by atoms with Gasteiger partial charge in [-0.1, -0.05) is 24.3 Å². The van der Waals surface area contributed by atoms with Crippen LogP contribution in [0.25, 0.3) is 0 Å². The summed E-state index contributed by atoms with van der Waals surface area (Å²) in [7, 11) is 3.68. The Balaban J connectivity index is 2.66. The lowest BCUT2D eigenvalue weighted by Gasteiger charge is -2.16. The Labute approximate surface area is 80.0 Å². The van der Waals surface area contributed by atoms with Crippen LogP contribution in [0.2, 0.25) is 0 Å². The molecule has 0 aromatic carbocycles. The van der Waals surface area contributed by atoms with Gasteiger partial charge in [-0.25, -0.2) is 0 Å². The summed E-state index contributed by atoms with van der Waals surface area (Å²) < 4.78 is 5.22. The number of rotatable bonds is 3. The highest BCUT2D eigenvalue weighted by molar-refractivity contribution is 5.40. The molecular formula is C11H17NO. The van der Waals surface area contributed by atoms with E-state index in [0.29, 0.717) is 0 Å². The third-order valence-electron chi connectivity index (χ3n) is 2.23. The molecule has 0 aromatic heterocycles. The minimum atomic E-state index is 0.249. The summed E-state index contributed by atoms with van der Waals surface area (Å²) in [6.07, 6.45) is 9.67. The molecule has 0 saturated carbocycles. The highest BCUT2D eigenvalue weighted by Gasteiger charge is 2.08. The van der Waals surface area contributed by atoms with Gasteiger partial charge in [-0.15, -0.1) is 0 Å². The molecule has 0 amide bonds. The van der Waals surface area contributed by atoms with E-state index in [4.69, 9.17) is 4.74 Å². The molecule has 0 saturated heterocycles. The van der Waals surface area contributed by atoms with Crippen LogP contribution in [0.5, 0.6) is 0 Å². The van der Waals surface area contributed by atoms with Crippen LogP contribution in [0, 0.1) is 0 Å². The van der Waals surface area contributed by atoms with Gasteiger partial charge in [-0.2, -0.15) is 0 Å². The minimum Gasteiger partial charge on any atom is -0.388 e. The summed E-state index contributed by atoms with van der Waals surface area (Å²) in [5.74, 6) is 0. The number of methoxy groups -OCH3 is 1. The van der Waals surface area contributed by atoms with E-state index in [2.05, 4.69) is 29.6 Å². The predicted molar refractivity (Wildman–Crippen MR) is 55.5 cm³/mol. The number of nitrogens with one attached hydrogen (secondary N) is 1. The molecule has 2 heteroatoms. The van der Waals surface area contributed by atoms with Crippen LogP contribution in [0.15, 0.2) is 35.6 Å². The summed E-state index contributed by atoms with van der Waals surface area (Å²) in [6, 6.07) is 0. The molecule has 1 atom stereocenters. The van der Waals surface area contributed by atoms with Crippen molar-refractivity contribution in [2.45, 2.75) is 19.4 Å². The Morgan fingerprint density at radius 2 is 2.46 bits per heavy atom. The van der Waals surface area contributed by atoms with Crippen LogP contribution >= 0.6 is 0 Å². The second-order valence-electron chi connectivity index (χ2n) is 2.98. The van der Waals surface area contributed by atoms with Crippen molar-refractivity contribution in [1.29, 1.82) is 0 Å². The van der Waals surface area contributed by atoms with Crippen molar-refractivity contribution in [3.63, 3.8) is 0 Å². The third kappa shape index (κ3) is 2.46. The number of hydrogen-bond acceptors (Lipinski definition) is 2. The Bertz CT molecular complexity index is 251.